The summed E-state index contributed by atoms with van der Waals surface area (Å²) >= 11 is -1.44. The molecule has 1 aliphatic heterocycles. The molecule has 34 heavy (non-hydrogen) atoms. The Labute approximate surface area is 196 Å². The van der Waals surface area contributed by atoms with Crippen LogP contribution in [0.1, 0.15) is 22.7 Å². The van der Waals surface area contributed by atoms with Gasteiger partial charge in [0.15, 0.2) is 0 Å². The van der Waals surface area contributed by atoms with Crippen molar-refractivity contribution >= 4 is 17.2 Å². The summed E-state index contributed by atoms with van der Waals surface area (Å²) in [5.74, 6) is 0.00105. The number of rotatable bonds is 6. The highest BCUT2D eigenvalue weighted by atomic mass is 32.2. The van der Waals surface area contributed by atoms with Gasteiger partial charge in [0.05, 0.1) is 37.3 Å². The van der Waals surface area contributed by atoms with Crippen LogP contribution in [0.3, 0.4) is 0 Å². The summed E-state index contributed by atoms with van der Waals surface area (Å²) in [7, 11) is 1.73. The standard InChI is InChI=1S/C21H23F3N6O3S/c1-12-3-4-14(20(32,11-31)21(22,23)24)7-15(12)16-8-26-19(25)18(27-16)13-9-30(10-13)34(33)17-5-6-29(2)28-17/h3-8,13,31-32H,9-11H2,1-2H3,(H2,25,26). The summed E-state index contributed by atoms with van der Waals surface area (Å²) in [6.07, 6.45) is -2.03. The molecular formula is C21H23F3N6O3S. The van der Waals surface area contributed by atoms with Gasteiger partial charge in [-0.15, -0.1) is 9.40 Å². The number of anilines is 1. The second-order valence-corrected chi connectivity index (χ2v) is 9.63. The molecule has 0 spiro atoms. The first-order chi connectivity index (χ1) is 15.9. The van der Waals surface area contributed by atoms with Gasteiger partial charge in [0.25, 0.3) is 5.03 Å². The first kappa shape index (κ1) is 24.4. The van der Waals surface area contributed by atoms with Gasteiger partial charge in [-0.05, 0) is 24.1 Å². The van der Waals surface area contributed by atoms with Crippen molar-refractivity contribution in [3.05, 3.63) is 53.5 Å². The molecule has 3 heterocycles. The van der Waals surface area contributed by atoms with Crippen LogP contribution in [0, 0.1) is 6.92 Å². The van der Waals surface area contributed by atoms with Crippen molar-refractivity contribution in [2.24, 2.45) is 7.05 Å². The van der Waals surface area contributed by atoms with E-state index in [0.29, 0.717) is 34.9 Å². The molecule has 0 aliphatic carbocycles. The average molecular weight is 497 g/mol. The third-order valence-corrected chi connectivity index (χ3v) is 7.20. The van der Waals surface area contributed by atoms with E-state index in [0.717, 1.165) is 12.1 Å². The van der Waals surface area contributed by atoms with Gasteiger partial charge in [0, 0.05) is 30.8 Å². The number of nitrogen functional groups attached to an aromatic ring is 1. The summed E-state index contributed by atoms with van der Waals surface area (Å²) < 4.78 is 56.2. The van der Waals surface area contributed by atoms with Gasteiger partial charge in [-0.3, -0.25) is 4.68 Å². The molecule has 9 nitrogen and oxygen atoms in total. The Hall–Kier alpha value is -2.71. The molecule has 2 atom stereocenters. The molecule has 1 aliphatic rings. The van der Waals surface area contributed by atoms with Crippen molar-refractivity contribution < 1.29 is 27.9 Å². The van der Waals surface area contributed by atoms with Crippen LogP contribution in [0.5, 0.6) is 0 Å². The number of benzene rings is 1. The first-order valence-corrected chi connectivity index (χ1v) is 11.4. The number of alkyl halides is 3. The number of aliphatic hydroxyl groups excluding tert-OH is 1. The lowest BCUT2D eigenvalue weighted by Gasteiger charge is -2.37. The molecule has 4 rings (SSSR count). The van der Waals surface area contributed by atoms with E-state index in [1.165, 1.54) is 12.3 Å². The van der Waals surface area contributed by atoms with E-state index in [9.17, 15) is 27.9 Å². The van der Waals surface area contributed by atoms with Gasteiger partial charge in [-0.1, -0.05) is 12.1 Å². The van der Waals surface area contributed by atoms with Gasteiger partial charge in [0.2, 0.25) is 5.60 Å². The molecule has 2 aromatic heterocycles. The van der Waals surface area contributed by atoms with Gasteiger partial charge in [-0.25, -0.2) is 9.97 Å². The van der Waals surface area contributed by atoms with E-state index in [-0.39, 0.29) is 17.4 Å². The molecule has 182 valence electrons. The van der Waals surface area contributed by atoms with Gasteiger partial charge < -0.3 is 20.5 Å². The highest BCUT2D eigenvalue weighted by Gasteiger charge is 2.55. The number of aryl methyl sites for hydroxylation is 2. The largest absolute Gasteiger partial charge is 0.591 e. The average Bonchev–Trinajstić information content (AvgIpc) is 3.19. The number of hydrogen-bond donors (Lipinski definition) is 3. The Balaban J connectivity index is 1.61. The number of hydrogen-bond acceptors (Lipinski definition) is 8. The normalized spacial score (nSPS) is 17.9. The van der Waals surface area contributed by atoms with Crippen molar-refractivity contribution in [3.8, 4) is 11.3 Å². The minimum absolute atomic E-state index is 0.173. The van der Waals surface area contributed by atoms with Crippen molar-refractivity contribution in [1.29, 1.82) is 0 Å². The summed E-state index contributed by atoms with van der Waals surface area (Å²) in [5, 5.41) is 24.0. The summed E-state index contributed by atoms with van der Waals surface area (Å²) in [4.78, 5) is 8.71. The minimum Gasteiger partial charge on any atom is -0.591 e. The van der Waals surface area contributed by atoms with Crippen molar-refractivity contribution in [2.75, 3.05) is 25.4 Å². The van der Waals surface area contributed by atoms with Crippen LogP contribution in [0.2, 0.25) is 0 Å². The highest BCUT2D eigenvalue weighted by Crippen LogP contribution is 2.40. The first-order valence-electron chi connectivity index (χ1n) is 10.2. The van der Waals surface area contributed by atoms with Crippen molar-refractivity contribution in [1.82, 2.24) is 24.1 Å². The van der Waals surface area contributed by atoms with Crippen LogP contribution in [0.15, 0.2) is 41.7 Å². The Morgan fingerprint density at radius 1 is 1.26 bits per heavy atom. The smallest absolute Gasteiger partial charge is 0.423 e. The van der Waals surface area contributed by atoms with Gasteiger partial charge >= 0.3 is 6.18 Å². The molecule has 1 aromatic carbocycles. The van der Waals surface area contributed by atoms with Crippen LogP contribution in [0.25, 0.3) is 11.3 Å². The monoisotopic (exact) mass is 496 g/mol. The zero-order valence-electron chi connectivity index (χ0n) is 18.3. The zero-order valence-corrected chi connectivity index (χ0v) is 19.1. The summed E-state index contributed by atoms with van der Waals surface area (Å²) in [6.45, 7) is 0.943. The van der Waals surface area contributed by atoms with E-state index in [1.54, 1.807) is 35.2 Å². The third kappa shape index (κ3) is 4.25. The molecule has 13 heteroatoms. The van der Waals surface area contributed by atoms with Gasteiger partial charge in [0.1, 0.15) is 17.2 Å². The lowest BCUT2D eigenvalue weighted by atomic mass is 9.90. The lowest BCUT2D eigenvalue weighted by Crippen LogP contribution is -2.49. The van der Waals surface area contributed by atoms with E-state index >= 15 is 0 Å². The second-order valence-electron chi connectivity index (χ2n) is 8.19. The molecule has 3 aromatic rings. The highest BCUT2D eigenvalue weighted by molar-refractivity contribution is 7.89. The van der Waals surface area contributed by atoms with Crippen molar-refractivity contribution in [3.63, 3.8) is 0 Å². The van der Waals surface area contributed by atoms with Crippen LogP contribution < -0.4 is 5.73 Å². The second kappa shape index (κ2) is 8.82. The lowest BCUT2D eigenvalue weighted by molar-refractivity contribution is -0.277. The number of halogens is 3. The SMILES string of the molecule is Cc1ccc(C(O)(CO)C(F)(F)F)cc1-c1cnc(N)c(C2CN([S+]([O-])c3ccn(C)n3)C2)n1. The molecule has 0 saturated carbocycles. The zero-order chi connectivity index (χ0) is 24.8. The fourth-order valence-corrected chi connectivity index (χ4v) is 4.98. The Bertz CT molecular complexity index is 1200. The van der Waals surface area contributed by atoms with E-state index in [4.69, 9.17) is 5.73 Å². The maximum absolute atomic E-state index is 13.4. The van der Waals surface area contributed by atoms with Crippen LogP contribution in [-0.2, 0) is 24.0 Å². The number of aliphatic hydroxyl groups is 2. The molecule has 4 N–H and O–H groups in total. The fourth-order valence-electron chi connectivity index (χ4n) is 3.71. The quantitative estimate of drug-likeness (QED) is 0.438. The molecule has 2 unspecified atom stereocenters. The Kier molecular flexibility index (Phi) is 6.33. The van der Waals surface area contributed by atoms with Crippen LogP contribution in [-0.4, -0.2) is 64.7 Å². The number of aromatic nitrogens is 4. The maximum atomic E-state index is 13.4. The predicted molar refractivity (Wildman–Crippen MR) is 118 cm³/mol. The van der Waals surface area contributed by atoms with Crippen LogP contribution in [0.4, 0.5) is 19.0 Å². The maximum Gasteiger partial charge on any atom is 0.423 e. The molecule has 0 bridgehead atoms. The number of nitrogens with zero attached hydrogens (tertiary/aromatic N) is 5. The Morgan fingerprint density at radius 3 is 2.56 bits per heavy atom. The Morgan fingerprint density at radius 2 is 1.97 bits per heavy atom. The van der Waals surface area contributed by atoms with Gasteiger partial charge in [-0.2, -0.15) is 13.2 Å². The molecular weight excluding hydrogens is 473 g/mol. The van der Waals surface area contributed by atoms with Crippen molar-refractivity contribution in [2.45, 2.75) is 29.6 Å². The van der Waals surface area contributed by atoms with Crippen LogP contribution >= 0.6 is 0 Å². The summed E-state index contributed by atoms with van der Waals surface area (Å²) in [5.41, 5.74) is 3.74. The fraction of sp³-hybridized carbons (Fsp3) is 0.381. The predicted octanol–water partition coefficient (Wildman–Crippen LogP) is 1.63. The molecule has 1 saturated heterocycles. The van der Waals surface area contributed by atoms with E-state index in [2.05, 4.69) is 15.1 Å². The third-order valence-electron chi connectivity index (χ3n) is 5.86. The topological polar surface area (TPSA) is 136 Å². The molecule has 1 fully saturated rings. The minimum atomic E-state index is -5.08. The molecule has 0 radical (unpaired) electrons. The summed E-state index contributed by atoms with van der Waals surface area (Å²) in [6, 6.07) is 5.34. The van der Waals surface area contributed by atoms with E-state index in [1.807, 2.05) is 0 Å². The molecule has 0 amide bonds. The van der Waals surface area contributed by atoms with E-state index < -0.39 is 35.3 Å². The number of nitrogens with two attached hydrogens (primary N) is 1.